The van der Waals surface area contributed by atoms with Crippen molar-refractivity contribution < 1.29 is 9.53 Å². The Kier molecular flexibility index (Phi) is 3.67. The summed E-state index contributed by atoms with van der Waals surface area (Å²) in [7, 11) is 0. The van der Waals surface area contributed by atoms with E-state index >= 15 is 0 Å². The van der Waals surface area contributed by atoms with Crippen molar-refractivity contribution in [1.82, 2.24) is 4.90 Å². The molecule has 0 amide bonds. The average Bonchev–Trinajstić information content (AvgIpc) is 2.00. The van der Waals surface area contributed by atoms with Crippen LogP contribution in [0.15, 0.2) is 0 Å². The number of carbonyl (C=O) groups is 1. The maximum atomic E-state index is 11.2. The van der Waals surface area contributed by atoms with E-state index in [4.69, 9.17) is 4.74 Å². The molecule has 0 spiro atoms. The van der Waals surface area contributed by atoms with Crippen LogP contribution in [0.4, 0.5) is 0 Å². The monoisotopic (exact) mass is 199 g/mol. The molecule has 0 aromatic carbocycles. The predicted octanol–water partition coefficient (Wildman–Crippen LogP) is 1.81. The highest BCUT2D eigenvalue weighted by atomic mass is 16.5. The minimum atomic E-state index is -0.0961. The Morgan fingerprint density at radius 3 is 2.64 bits per heavy atom. The van der Waals surface area contributed by atoms with E-state index in [0.717, 1.165) is 6.54 Å². The molecule has 1 saturated heterocycles. The summed E-state index contributed by atoms with van der Waals surface area (Å²) in [5.74, 6) is 0.379. The molecule has 0 N–H and O–H groups in total. The Balaban J connectivity index is 2.34. The molecule has 0 bridgehead atoms. The second-order valence-corrected chi connectivity index (χ2v) is 5.04. The smallest absolute Gasteiger partial charge is 0.135 e. The summed E-state index contributed by atoms with van der Waals surface area (Å²) in [5, 5.41) is 0. The van der Waals surface area contributed by atoms with Crippen LogP contribution >= 0.6 is 0 Å². The van der Waals surface area contributed by atoms with Gasteiger partial charge in [-0.3, -0.25) is 9.69 Å². The Morgan fingerprint density at radius 1 is 1.50 bits per heavy atom. The van der Waals surface area contributed by atoms with Crippen molar-refractivity contribution >= 4 is 5.78 Å². The molecular weight excluding hydrogens is 178 g/mol. The van der Waals surface area contributed by atoms with Crippen LogP contribution in [0.2, 0.25) is 0 Å². The summed E-state index contributed by atoms with van der Waals surface area (Å²) in [6.45, 7) is 9.71. The van der Waals surface area contributed by atoms with Gasteiger partial charge >= 0.3 is 0 Å². The highest BCUT2D eigenvalue weighted by Crippen LogP contribution is 2.15. The van der Waals surface area contributed by atoms with Crippen LogP contribution in [-0.4, -0.2) is 35.6 Å². The minimum absolute atomic E-state index is 0.0961. The third-order valence-electron chi connectivity index (χ3n) is 2.49. The lowest BCUT2D eigenvalue weighted by molar-refractivity contribution is -0.127. The van der Waals surface area contributed by atoms with E-state index in [9.17, 15) is 4.79 Å². The molecule has 0 aromatic heterocycles. The molecule has 14 heavy (non-hydrogen) atoms. The Labute approximate surface area is 86.4 Å². The fourth-order valence-electron chi connectivity index (χ4n) is 1.52. The van der Waals surface area contributed by atoms with E-state index in [0.29, 0.717) is 31.4 Å². The second kappa shape index (κ2) is 4.41. The first-order valence-corrected chi connectivity index (χ1v) is 5.28. The molecule has 1 atom stereocenters. The maximum absolute atomic E-state index is 11.2. The first-order chi connectivity index (χ1) is 6.38. The second-order valence-electron chi connectivity index (χ2n) is 5.04. The third-order valence-corrected chi connectivity index (χ3v) is 2.49. The normalized spacial score (nSPS) is 25.4. The number of ketones is 1. The first kappa shape index (κ1) is 11.7. The predicted molar refractivity (Wildman–Crippen MR) is 56.1 cm³/mol. The van der Waals surface area contributed by atoms with Crippen LogP contribution in [0.5, 0.6) is 0 Å². The van der Waals surface area contributed by atoms with E-state index in [-0.39, 0.29) is 5.60 Å². The summed E-state index contributed by atoms with van der Waals surface area (Å²) in [6.07, 6.45) is 1.35. The number of likely N-dealkylation sites (tertiary alicyclic amines) is 1. The van der Waals surface area contributed by atoms with Gasteiger partial charge in [0.25, 0.3) is 0 Å². The summed E-state index contributed by atoms with van der Waals surface area (Å²) in [6, 6.07) is 0.332. The highest BCUT2D eigenvalue weighted by molar-refractivity contribution is 5.79. The van der Waals surface area contributed by atoms with Crippen molar-refractivity contribution in [3.63, 3.8) is 0 Å². The number of nitrogens with zero attached hydrogens (tertiary/aromatic N) is 1. The van der Waals surface area contributed by atoms with E-state index < -0.39 is 0 Å². The maximum Gasteiger partial charge on any atom is 0.135 e. The van der Waals surface area contributed by atoms with Crippen molar-refractivity contribution in [2.75, 3.05) is 13.3 Å². The zero-order chi connectivity index (χ0) is 10.8. The Morgan fingerprint density at radius 2 is 2.14 bits per heavy atom. The van der Waals surface area contributed by atoms with Crippen LogP contribution in [0.1, 0.15) is 40.5 Å². The summed E-state index contributed by atoms with van der Waals surface area (Å²) in [5.41, 5.74) is -0.0961. The van der Waals surface area contributed by atoms with Gasteiger partial charge in [0.1, 0.15) is 5.78 Å². The summed E-state index contributed by atoms with van der Waals surface area (Å²) in [4.78, 5) is 13.4. The zero-order valence-corrected chi connectivity index (χ0v) is 9.67. The topological polar surface area (TPSA) is 29.5 Å². The molecule has 3 heteroatoms. The van der Waals surface area contributed by atoms with Gasteiger partial charge in [-0.05, 0) is 27.7 Å². The van der Waals surface area contributed by atoms with Gasteiger partial charge in [-0.25, -0.2) is 0 Å². The Bertz CT molecular complexity index is 208. The number of ether oxygens (including phenoxy) is 1. The molecule has 1 rings (SSSR count). The molecule has 0 aliphatic carbocycles. The molecule has 0 aromatic rings. The van der Waals surface area contributed by atoms with Crippen LogP contribution < -0.4 is 0 Å². The molecule has 1 unspecified atom stereocenters. The lowest BCUT2D eigenvalue weighted by atomic mass is 10.0. The first-order valence-electron chi connectivity index (χ1n) is 5.28. The summed E-state index contributed by atoms with van der Waals surface area (Å²) >= 11 is 0. The van der Waals surface area contributed by atoms with Gasteiger partial charge in [-0.15, -0.1) is 0 Å². The minimum Gasteiger partial charge on any atom is -0.360 e. The standard InChI is InChI=1S/C11H21NO2/c1-9-7-10(13)5-6-12(9)8-14-11(2,3)4/h9H,5-8H2,1-4H3. The molecule has 0 radical (unpaired) electrons. The van der Waals surface area contributed by atoms with Gasteiger partial charge in [0.2, 0.25) is 0 Å². The lowest BCUT2D eigenvalue weighted by Crippen LogP contribution is -2.43. The van der Waals surface area contributed by atoms with Crippen molar-refractivity contribution in [3.8, 4) is 0 Å². The number of Topliss-reactive ketones (excluding diaryl/α,β-unsaturated/α-hetero) is 1. The molecule has 82 valence electrons. The number of rotatable bonds is 2. The molecule has 1 fully saturated rings. The van der Waals surface area contributed by atoms with Crippen molar-refractivity contribution in [2.24, 2.45) is 0 Å². The van der Waals surface area contributed by atoms with Gasteiger partial charge in [0.05, 0.1) is 12.3 Å². The molecule has 1 aliphatic rings. The fourth-order valence-corrected chi connectivity index (χ4v) is 1.52. The molecule has 1 heterocycles. The van der Waals surface area contributed by atoms with E-state index in [1.165, 1.54) is 0 Å². The van der Waals surface area contributed by atoms with Crippen LogP contribution in [-0.2, 0) is 9.53 Å². The van der Waals surface area contributed by atoms with Crippen LogP contribution in [0, 0.1) is 0 Å². The van der Waals surface area contributed by atoms with E-state index in [1.807, 2.05) is 20.8 Å². The van der Waals surface area contributed by atoms with Gasteiger partial charge in [0, 0.05) is 25.4 Å². The Hall–Kier alpha value is -0.410. The highest BCUT2D eigenvalue weighted by Gasteiger charge is 2.24. The number of carbonyl (C=O) groups excluding carboxylic acids is 1. The summed E-state index contributed by atoms with van der Waals surface area (Å²) < 4.78 is 5.69. The van der Waals surface area contributed by atoms with Crippen LogP contribution in [0.3, 0.4) is 0 Å². The third kappa shape index (κ3) is 3.76. The molecule has 1 aliphatic heterocycles. The number of piperidine rings is 1. The van der Waals surface area contributed by atoms with Gasteiger partial charge in [0.15, 0.2) is 0 Å². The average molecular weight is 199 g/mol. The molecular formula is C11H21NO2. The van der Waals surface area contributed by atoms with E-state index in [1.54, 1.807) is 0 Å². The number of hydrogen-bond acceptors (Lipinski definition) is 3. The fraction of sp³-hybridized carbons (Fsp3) is 0.909. The van der Waals surface area contributed by atoms with Gasteiger partial charge < -0.3 is 4.74 Å². The number of hydrogen-bond donors (Lipinski definition) is 0. The largest absolute Gasteiger partial charge is 0.360 e. The molecule has 3 nitrogen and oxygen atoms in total. The van der Waals surface area contributed by atoms with Crippen molar-refractivity contribution in [2.45, 2.75) is 52.2 Å². The lowest BCUT2D eigenvalue weighted by Gasteiger charge is -2.34. The van der Waals surface area contributed by atoms with E-state index in [2.05, 4.69) is 11.8 Å². The van der Waals surface area contributed by atoms with Gasteiger partial charge in [-0.2, -0.15) is 0 Å². The zero-order valence-electron chi connectivity index (χ0n) is 9.67. The van der Waals surface area contributed by atoms with Crippen LogP contribution in [0.25, 0.3) is 0 Å². The van der Waals surface area contributed by atoms with Crippen molar-refractivity contribution in [1.29, 1.82) is 0 Å². The van der Waals surface area contributed by atoms with Crippen molar-refractivity contribution in [3.05, 3.63) is 0 Å². The van der Waals surface area contributed by atoms with Gasteiger partial charge in [-0.1, -0.05) is 0 Å². The SMILES string of the molecule is CC1CC(=O)CCN1COC(C)(C)C. The quantitative estimate of drug-likeness (QED) is 0.679. The molecule has 0 saturated carbocycles.